The number of phenols is 1. The monoisotopic (exact) mass is 384 g/mol. The summed E-state index contributed by atoms with van der Waals surface area (Å²) in [6.45, 7) is 2.80. The highest BCUT2D eigenvalue weighted by molar-refractivity contribution is 9.10. The molecule has 0 aliphatic carbocycles. The number of benzene rings is 2. The van der Waals surface area contributed by atoms with Gasteiger partial charge in [0.2, 0.25) is 0 Å². The molecular formula is C18H17BrN4O. The number of hydrogen-bond acceptors (Lipinski definition) is 4. The molecule has 1 aliphatic heterocycles. The summed E-state index contributed by atoms with van der Waals surface area (Å²) in [6, 6.07) is 13.7. The number of aromatic hydroxyl groups is 1. The summed E-state index contributed by atoms with van der Waals surface area (Å²) in [7, 11) is 0. The first-order valence-corrected chi connectivity index (χ1v) is 8.66. The molecule has 0 bridgehead atoms. The summed E-state index contributed by atoms with van der Waals surface area (Å²) in [6.07, 6.45) is 0.903. The van der Waals surface area contributed by atoms with Gasteiger partial charge in [-0.15, -0.1) is 5.10 Å². The Labute approximate surface area is 148 Å². The van der Waals surface area contributed by atoms with Gasteiger partial charge in [-0.1, -0.05) is 27.2 Å². The molecule has 122 valence electrons. The third-order valence-electron chi connectivity index (χ3n) is 4.39. The summed E-state index contributed by atoms with van der Waals surface area (Å²) in [5.74, 6) is 0.270. The minimum absolute atomic E-state index is 0.156. The number of anilines is 1. The van der Waals surface area contributed by atoms with Gasteiger partial charge in [0.25, 0.3) is 0 Å². The van der Waals surface area contributed by atoms with Crippen LogP contribution in [0.15, 0.2) is 46.9 Å². The second-order valence-electron chi connectivity index (χ2n) is 6.01. The SMILES string of the molecule is Cc1nnn2c1-c1ccc(Br)cc1C(Nc1ccc(O)cc1)CC2. The molecule has 2 aromatic carbocycles. The van der Waals surface area contributed by atoms with Crippen molar-refractivity contribution in [3.63, 3.8) is 0 Å². The summed E-state index contributed by atoms with van der Waals surface area (Å²) in [5.41, 5.74) is 5.41. The third kappa shape index (κ3) is 2.67. The van der Waals surface area contributed by atoms with Gasteiger partial charge in [-0.2, -0.15) is 0 Å². The van der Waals surface area contributed by atoms with Gasteiger partial charge < -0.3 is 10.4 Å². The van der Waals surface area contributed by atoms with E-state index in [-0.39, 0.29) is 11.8 Å². The first kappa shape index (κ1) is 15.2. The van der Waals surface area contributed by atoms with Crippen molar-refractivity contribution in [3.05, 3.63) is 58.2 Å². The number of rotatable bonds is 2. The Balaban J connectivity index is 1.78. The van der Waals surface area contributed by atoms with Gasteiger partial charge in [0.05, 0.1) is 17.4 Å². The van der Waals surface area contributed by atoms with Crippen LogP contribution in [0.1, 0.15) is 23.7 Å². The fourth-order valence-electron chi connectivity index (χ4n) is 3.24. The van der Waals surface area contributed by atoms with Crippen molar-refractivity contribution in [1.29, 1.82) is 0 Å². The Morgan fingerprint density at radius 2 is 2.00 bits per heavy atom. The Hall–Kier alpha value is -2.34. The van der Waals surface area contributed by atoms with Crippen molar-refractivity contribution in [2.45, 2.75) is 25.9 Å². The normalized spacial score (nSPS) is 16.2. The van der Waals surface area contributed by atoms with Gasteiger partial charge in [0.15, 0.2) is 0 Å². The first-order valence-electron chi connectivity index (χ1n) is 7.87. The Morgan fingerprint density at radius 1 is 1.21 bits per heavy atom. The maximum absolute atomic E-state index is 9.47. The molecule has 3 aromatic rings. The van der Waals surface area contributed by atoms with Crippen molar-refractivity contribution >= 4 is 21.6 Å². The molecule has 0 saturated carbocycles. The van der Waals surface area contributed by atoms with Gasteiger partial charge in [0.1, 0.15) is 5.75 Å². The lowest BCUT2D eigenvalue weighted by atomic mass is 9.96. The molecule has 6 heteroatoms. The van der Waals surface area contributed by atoms with E-state index in [2.05, 4.69) is 49.8 Å². The molecule has 1 aromatic heterocycles. The van der Waals surface area contributed by atoms with Crippen LogP contribution in [0.4, 0.5) is 5.69 Å². The highest BCUT2D eigenvalue weighted by atomic mass is 79.9. The molecule has 2 heterocycles. The number of halogens is 1. The van der Waals surface area contributed by atoms with E-state index < -0.39 is 0 Å². The fourth-order valence-corrected chi connectivity index (χ4v) is 3.62. The molecule has 1 unspecified atom stereocenters. The molecule has 2 N–H and O–H groups in total. The zero-order valence-corrected chi connectivity index (χ0v) is 14.8. The van der Waals surface area contributed by atoms with E-state index >= 15 is 0 Å². The third-order valence-corrected chi connectivity index (χ3v) is 4.88. The van der Waals surface area contributed by atoms with Crippen LogP contribution in [0.5, 0.6) is 5.75 Å². The standard InChI is InChI=1S/C18H17BrN4O/c1-11-18-15-7-2-12(19)10-16(15)17(8-9-23(18)22-21-11)20-13-3-5-14(24)6-4-13/h2-7,10,17,20,24H,8-9H2,1H3. The molecule has 1 aliphatic rings. The molecule has 0 fully saturated rings. The maximum atomic E-state index is 9.47. The smallest absolute Gasteiger partial charge is 0.115 e. The minimum Gasteiger partial charge on any atom is -0.508 e. The number of aromatic nitrogens is 3. The van der Waals surface area contributed by atoms with Crippen molar-refractivity contribution < 1.29 is 5.11 Å². The van der Waals surface area contributed by atoms with E-state index in [9.17, 15) is 5.11 Å². The topological polar surface area (TPSA) is 63.0 Å². The molecule has 24 heavy (non-hydrogen) atoms. The van der Waals surface area contributed by atoms with Crippen LogP contribution in [0, 0.1) is 6.92 Å². The van der Waals surface area contributed by atoms with Crippen LogP contribution in [0.2, 0.25) is 0 Å². The molecule has 0 radical (unpaired) electrons. The summed E-state index contributed by atoms with van der Waals surface area (Å²) in [5, 5.41) is 21.6. The van der Waals surface area contributed by atoms with Crippen LogP contribution in [0.25, 0.3) is 11.3 Å². The van der Waals surface area contributed by atoms with Crippen LogP contribution in [0.3, 0.4) is 0 Å². The second-order valence-corrected chi connectivity index (χ2v) is 6.93. The van der Waals surface area contributed by atoms with Gasteiger partial charge in [-0.25, -0.2) is 4.68 Å². The van der Waals surface area contributed by atoms with Crippen molar-refractivity contribution in [2.24, 2.45) is 0 Å². The average Bonchev–Trinajstić information content (AvgIpc) is 2.86. The Bertz CT molecular complexity index is 889. The van der Waals surface area contributed by atoms with Gasteiger partial charge >= 0.3 is 0 Å². The second kappa shape index (κ2) is 5.94. The highest BCUT2D eigenvalue weighted by Crippen LogP contribution is 2.38. The largest absolute Gasteiger partial charge is 0.508 e. The van der Waals surface area contributed by atoms with E-state index in [0.717, 1.165) is 40.1 Å². The molecule has 5 nitrogen and oxygen atoms in total. The zero-order valence-electron chi connectivity index (χ0n) is 13.2. The van der Waals surface area contributed by atoms with E-state index in [1.807, 2.05) is 23.7 Å². The van der Waals surface area contributed by atoms with Crippen LogP contribution >= 0.6 is 15.9 Å². The first-order chi connectivity index (χ1) is 11.6. The van der Waals surface area contributed by atoms with E-state index in [0.29, 0.717) is 0 Å². The van der Waals surface area contributed by atoms with Gasteiger partial charge in [-0.05, 0) is 55.3 Å². The summed E-state index contributed by atoms with van der Waals surface area (Å²) >= 11 is 3.59. The lowest BCUT2D eigenvalue weighted by Gasteiger charge is -2.21. The van der Waals surface area contributed by atoms with Crippen molar-refractivity contribution in [1.82, 2.24) is 15.0 Å². The number of fused-ring (bicyclic) bond motifs is 3. The molecule has 0 amide bonds. The fraction of sp³-hybridized carbons (Fsp3) is 0.222. The zero-order chi connectivity index (χ0) is 16.7. The predicted octanol–water partition coefficient (Wildman–Crippen LogP) is 4.28. The quantitative estimate of drug-likeness (QED) is 0.647. The summed E-state index contributed by atoms with van der Waals surface area (Å²) in [4.78, 5) is 0. The summed E-state index contributed by atoms with van der Waals surface area (Å²) < 4.78 is 3.04. The predicted molar refractivity (Wildman–Crippen MR) is 97.0 cm³/mol. The van der Waals surface area contributed by atoms with E-state index in [4.69, 9.17) is 0 Å². The molecule has 1 atom stereocenters. The van der Waals surface area contributed by atoms with Crippen LogP contribution in [-0.4, -0.2) is 20.1 Å². The number of nitrogens with zero attached hydrogens (tertiary/aromatic N) is 3. The van der Waals surface area contributed by atoms with Gasteiger partial charge in [0, 0.05) is 22.3 Å². The number of aryl methyl sites for hydroxylation is 2. The van der Waals surface area contributed by atoms with Gasteiger partial charge in [-0.3, -0.25) is 0 Å². The molecule has 0 spiro atoms. The Morgan fingerprint density at radius 3 is 2.79 bits per heavy atom. The maximum Gasteiger partial charge on any atom is 0.115 e. The van der Waals surface area contributed by atoms with Crippen LogP contribution < -0.4 is 5.32 Å². The molecular weight excluding hydrogens is 368 g/mol. The number of hydrogen-bond donors (Lipinski definition) is 2. The van der Waals surface area contributed by atoms with E-state index in [1.165, 1.54) is 5.56 Å². The Kier molecular flexibility index (Phi) is 3.76. The van der Waals surface area contributed by atoms with Crippen molar-refractivity contribution in [2.75, 3.05) is 5.32 Å². The van der Waals surface area contributed by atoms with E-state index in [1.54, 1.807) is 12.1 Å². The lowest BCUT2D eigenvalue weighted by molar-refractivity contribution is 0.475. The molecule has 4 rings (SSSR count). The lowest BCUT2D eigenvalue weighted by Crippen LogP contribution is -2.12. The average molecular weight is 385 g/mol. The number of phenolic OH excluding ortho intramolecular Hbond substituents is 1. The minimum atomic E-state index is 0.156. The number of nitrogens with one attached hydrogen (secondary N) is 1. The molecule has 0 saturated heterocycles. The van der Waals surface area contributed by atoms with Crippen LogP contribution in [-0.2, 0) is 6.54 Å². The van der Waals surface area contributed by atoms with Crippen molar-refractivity contribution in [3.8, 4) is 17.0 Å². The highest BCUT2D eigenvalue weighted by Gasteiger charge is 2.25.